The second kappa shape index (κ2) is 10.7. The molecule has 1 N–H and O–H groups in total. The van der Waals surface area contributed by atoms with E-state index in [1.165, 1.54) is 6.21 Å². The van der Waals surface area contributed by atoms with Gasteiger partial charge in [-0.25, -0.2) is 10.2 Å². The van der Waals surface area contributed by atoms with Gasteiger partial charge in [-0.2, -0.15) is 5.10 Å². The van der Waals surface area contributed by atoms with Crippen molar-refractivity contribution < 1.29 is 19.1 Å². The van der Waals surface area contributed by atoms with Crippen molar-refractivity contribution in [3.8, 4) is 11.5 Å². The van der Waals surface area contributed by atoms with Gasteiger partial charge in [-0.05, 0) is 76.0 Å². The molecule has 1 amide bonds. The number of hydrogen-bond donors (Lipinski definition) is 1. The van der Waals surface area contributed by atoms with Crippen LogP contribution in [0.3, 0.4) is 0 Å². The Hall–Kier alpha value is -3.72. The first-order chi connectivity index (χ1) is 16.1. The Morgan fingerprint density at radius 2 is 1.61 bits per heavy atom. The third-order valence-electron chi connectivity index (χ3n) is 4.70. The Kier molecular flexibility index (Phi) is 7.31. The normalized spacial score (nSPS) is 10.8. The summed E-state index contributed by atoms with van der Waals surface area (Å²) in [6.45, 7) is -0.154. The highest BCUT2D eigenvalue weighted by Crippen LogP contribution is 2.25. The minimum Gasteiger partial charge on any atom is -0.483 e. The van der Waals surface area contributed by atoms with Gasteiger partial charge in [-0.3, -0.25) is 4.79 Å². The first-order valence-electron chi connectivity index (χ1n) is 10.1. The number of halogens is 1. The van der Waals surface area contributed by atoms with Gasteiger partial charge < -0.3 is 9.47 Å². The highest BCUT2D eigenvalue weighted by molar-refractivity contribution is 14.1. The Bertz CT molecular complexity index is 1310. The molecule has 0 unspecified atom stereocenters. The van der Waals surface area contributed by atoms with Crippen LogP contribution in [-0.2, 0) is 4.79 Å². The average molecular weight is 550 g/mol. The molecule has 33 heavy (non-hydrogen) atoms. The third-order valence-corrected chi connectivity index (χ3v) is 5.64. The summed E-state index contributed by atoms with van der Waals surface area (Å²) >= 11 is 2.09. The number of rotatable bonds is 7. The monoisotopic (exact) mass is 550 g/mol. The molecule has 0 atom stereocenters. The second-order valence-corrected chi connectivity index (χ2v) is 8.16. The molecule has 0 aromatic heterocycles. The van der Waals surface area contributed by atoms with Gasteiger partial charge in [0.15, 0.2) is 6.61 Å². The lowest BCUT2D eigenvalue weighted by Gasteiger charge is -2.08. The fraction of sp³-hybridized carbons (Fsp3) is 0.0385. The molecule has 0 heterocycles. The van der Waals surface area contributed by atoms with E-state index in [1.807, 2.05) is 54.6 Å². The van der Waals surface area contributed by atoms with E-state index in [4.69, 9.17) is 9.47 Å². The molecule has 4 aromatic carbocycles. The van der Waals surface area contributed by atoms with Crippen molar-refractivity contribution in [2.24, 2.45) is 5.10 Å². The van der Waals surface area contributed by atoms with Crippen molar-refractivity contribution in [3.63, 3.8) is 0 Å². The maximum Gasteiger partial charge on any atom is 0.344 e. The van der Waals surface area contributed by atoms with E-state index in [0.29, 0.717) is 17.1 Å². The first-order valence-corrected chi connectivity index (χ1v) is 11.2. The van der Waals surface area contributed by atoms with Crippen LogP contribution in [0, 0.1) is 3.57 Å². The predicted octanol–water partition coefficient (Wildman–Crippen LogP) is 5.19. The van der Waals surface area contributed by atoms with Gasteiger partial charge in [0.2, 0.25) is 0 Å². The van der Waals surface area contributed by atoms with Crippen molar-refractivity contribution in [2.75, 3.05) is 6.61 Å². The largest absolute Gasteiger partial charge is 0.483 e. The number of benzene rings is 4. The van der Waals surface area contributed by atoms with Crippen LogP contribution in [0.2, 0.25) is 0 Å². The number of hydrazone groups is 1. The molecule has 0 bridgehead atoms. The van der Waals surface area contributed by atoms with E-state index in [0.717, 1.165) is 19.9 Å². The molecule has 4 rings (SSSR count). The van der Waals surface area contributed by atoms with Crippen LogP contribution in [-0.4, -0.2) is 24.7 Å². The molecule has 4 aromatic rings. The lowest BCUT2D eigenvalue weighted by Crippen LogP contribution is -2.24. The van der Waals surface area contributed by atoms with Gasteiger partial charge >= 0.3 is 5.97 Å². The molecule has 7 heteroatoms. The third kappa shape index (κ3) is 5.95. The smallest absolute Gasteiger partial charge is 0.344 e. The van der Waals surface area contributed by atoms with E-state index in [9.17, 15) is 9.59 Å². The number of fused-ring (bicyclic) bond motifs is 1. The summed E-state index contributed by atoms with van der Waals surface area (Å²) in [5.74, 6) is 0.272. The Labute approximate surface area is 204 Å². The van der Waals surface area contributed by atoms with Crippen LogP contribution in [0.15, 0.2) is 96.1 Å². The SMILES string of the molecule is O=C(COc1cccc2ccccc12)N/N=C\c1ccc(OC(=O)c2ccccc2I)cc1. The lowest BCUT2D eigenvalue weighted by atomic mass is 10.1. The minimum atomic E-state index is -0.417. The molecule has 0 radical (unpaired) electrons. The lowest BCUT2D eigenvalue weighted by molar-refractivity contribution is -0.123. The van der Waals surface area contributed by atoms with Crippen LogP contribution in [0.25, 0.3) is 10.8 Å². The molecule has 164 valence electrons. The van der Waals surface area contributed by atoms with Crippen LogP contribution < -0.4 is 14.9 Å². The molecule has 0 aliphatic heterocycles. The molecule has 0 saturated heterocycles. The van der Waals surface area contributed by atoms with Gasteiger partial charge in [0.05, 0.1) is 11.8 Å². The molecular formula is C26H19IN2O4. The van der Waals surface area contributed by atoms with E-state index in [2.05, 4.69) is 33.1 Å². The number of nitrogens with zero attached hydrogens (tertiary/aromatic N) is 1. The topological polar surface area (TPSA) is 77.0 Å². The summed E-state index contributed by atoms with van der Waals surface area (Å²) in [5.41, 5.74) is 3.69. The van der Waals surface area contributed by atoms with Crippen molar-refractivity contribution >= 4 is 51.5 Å². The fourth-order valence-corrected chi connectivity index (χ4v) is 3.69. The Morgan fingerprint density at radius 1 is 0.879 bits per heavy atom. The minimum absolute atomic E-state index is 0.154. The zero-order valence-corrected chi connectivity index (χ0v) is 19.6. The number of nitrogens with one attached hydrogen (secondary N) is 1. The van der Waals surface area contributed by atoms with Gasteiger partial charge in [-0.1, -0.05) is 48.5 Å². The van der Waals surface area contributed by atoms with Crippen molar-refractivity contribution in [1.82, 2.24) is 5.43 Å². The average Bonchev–Trinajstić information content (AvgIpc) is 2.84. The molecule has 0 fully saturated rings. The summed E-state index contributed by atoms with van der Waals surface area (Å²) in [7, 11) is 0. The van der Waals surface area contributed by atoms with Gasteiger partial charge in [0.1, 0.15) is 11.5 Å². The first kappa shape index (κ1) is 22.5. The number of hydrogen-bond acceptors (Lipinski definition) is 5. The fourth-order valence-electron chi connectivity index (χ4n) is 3.09. The quantitative estimate of drug-likeness (QED) is 0.113. The van der Waals surface area contributed by atoms with Gasteiger partial charge in [0.25, 0.3) is 5.91 Å². The number of amides is 1. The van der Waals surface area contributed by atoms with Crippen LogP contribution in [0.4, 0.5) is 0 Å². The van der Waals surface area contributed by atoms with Crippen molar-refractivity contribution in [1.29, 1.82) is 0 Å². The van der Waals surface area contributed by atoms with E-state index in [-0.39, 0.29) is 12.5 Å². The molecule has 0 spiro atoms. The maximum atomic E-state index is 12.3. The number of esters is 1. The highest BCUT2D eigenvalue weighted by atomic mass is 127. The van der Waals surface area contributed by atoms with Gasteiger partial charge in [0, 0.05) is 8.96 Å². The summed E-state index contributed by atoms with van der Waals surface area (Å²) in [6, 6.07) is 27.5. The molecule has 0 saturated carbocycles. The van der Waals surface area contributed by atoms with Gasteiger partial charge in [-0.15, -0.1) is 0 Å². The summed E-state index contributed by atoms with van der Waals surface area (Å²) in [4.78, 5) is 24.4. The molecule has 6 nitrogen and oxygen atoms in total. The van der Waals surface area contributed by atoms with E-state index < -0.39 is 5.97 Å². The van der Waals surface area contributed by atoms with Crippen molar-refractivity contribution in [2.45, 2.75) is 0 Å². The van der Waals surface area contributed by atoms with Crippen LogP contribution >= 0.6 is 22.6 Å². The highest BCUT2D eigenvalue weighted by Gasteiger charge is 2.11. The van der Waals surface area contributed by atoms with E-state index >= 15 is 0 Å². The molecular weight excluding hydrogens is 531 g/mol. The summed E-state index contributed by atoms with van der Waals surface area (Å²) < 4.78 is 11.9. The standard InChI is InChI=1S/C26H19IN2O4/c27-23-10-4-3-9-22(23)26(31)33-20-14-12-18(13-15-20)16-28-29-25(30)17-32-24-11-5-7-19-6-1-2-8-21(19)24/h1-16H,17H2,(H,29,30)/b28-16-. The second-order valence-electron chi connectivity index (χ2n) is 7.00. The Morgan fingerprint density at radius 3 is 2.42 bits per heavy atom. The number of ether oxygens (including phenoxy) is 2. The maximum absolute atomic E-state index is 12.3. The van der Waals surface area contributed by atoms with E-state index in [1.54, 1.807) is 36.4 Å². The zero-order valence-electron chi connectivity index (χ0n) is 17.4. The summed E-state index contributed by atoms with van der Waals surface area (Å²) in [5, 5.41) is 5.94. The van der Waals surface area contributed by atoms with Crippen molar-refractivity contribution in [3.05, 3.63) is 106 Å². The Balaban J connectivity index is 1.28. The zero-order chi connectivity index (χ0) is 23.0. The van der Waals surface area contributed by atoms with Crippen LogP contribution in [0.5, 0.6) is 11.5 Å². The summed E-state index contributed by atoms with van der Waals surface area (Å²) in [6.07, 6.45) is 1.50. The number of carbonyl (C=O) groups is 2. The molecule has 0 aliphatic rings. The predicted molar refractivity (Wildman–Crippen MR) is 136 cm³/mol. The number of carbonyl (C=O) groups excluding carboxylic acids is 2. The molecule has 0 aliphatic carbocycles. The van der Waals surface area contributed by atoms with Crippen LogP contribution in [0.1, 0.15) is 15.9 Å².